The van der Waals surface area contributed by atoms with Crippen LogP contribution in [0.25, 0.3) is 0 Å². The molecule has 1 unspecified atom stereocenters. The number of likely N-dealkylation sites (N-methyl/N-ethyl adjacent to an activating group) is 1. The number of hydrogen-bond acceptors (Lipinski definition) is 5. The maximum Gasteiger partial charge on any atom is 0.326 e. The van der Waals surface area contributed by atoms with Gasteiger partial charge in [0.25, 0.3) is 5.69 Å². The number of amides is 2. The summed E-state index contributed by atoms with van der Waals surface area (Å²) in [7, 11) is 2.63. The Labute approximate surface area is 120 Å². The van der Waals surface area contributed by atoms with Crippen molar-refractivity contribution < 1.29 is 24.4 Å². The molecule has 0 saturated heterocycles. The predicted octanol–water partition coefficient (Wildman–Crippen LogP) is 1.54. The number of aliphatic carboxylic acids is 1. The van der Waals surface area contributed by atoms with E-state index < -0.39 is 23.0 Å². The van der Waals surface area contributed by atoms with E-state index in [0.717, 1.165) is 11.0 Å². The largest absolute Gasteiger partial charge is 0.494 e. The fourth-order valence-corrected chi connectivity index (χ4v) is 1.44. The van der Waals surface area contributed by atoms with Crippen molar-refractivity contribution in [2.45, 2.75) is 13.0 Å². The van der Waals surface area contributed by atoms with Gasteiger partial charge in [0, 0.05) is 13.1 Å². The first-order valence-electron chi connectivity index (χ1n) is 5.87. The number of carbonyl (C=O) groups is 2. The Morgan fingerprint density at radius 3 is 2.57 bits per heavy atom. The molecule has 2 N–H and O–H groups in total. The number of nitrogens with one attached hydrogen (secondary N) is 1. The molecule has 0 aliphatic rings. The topological polar surface area (TPSA) is 122 Å². The molecule has 0 spiro atoms. The van der Waals surface area contributed by atoms with E-state index in [1.54, 1.807) is 0 Å². The van der Waals surface area contributed by atoms with Gasteiger partial charge < -0.3 is 20.1 Å². The van der Waals surface area contributed by atoms with Crippen molar-refractivity contribution in [1.82, 2.24) is 4.90 Å². The Bertz CT molecular complexity index is 574. The van der Waals surface area contributed by atoms with Gasteiger partial charge in [-0.3, -0.25) is 10.1 Å². The number of rotatable bonds is 5. The Morgan fingerprint density at radius 1 is 1.48 bits per heavy atom. The van der Waals surface area contributed by atoms with Gasteiger partial charge in [-0.25, -0.2) is 9.59 Å². The number of carbonyl (C=O) groups excluding carboxylic acids is 1. The molecule has 0 bridgehead atoms. The van der Waals surface area contributed by atoms with Crippen LogP contribution in [0.2, 0.25) is 0 Å². The molecular weight excluding hydrogens is 282 g/mol. The molecule has 9 nitrogen and oxygen atoms in total. The van der Waals surface area contributed by atoms with Gasteiger partial charge >= 0.3 is 12.0 Å². The minimum Gasteiger partial charge on any atom is -0.494 e. The number of nitrogens with zero attached hydrogens (tertiary/aromatic N) is 2. The van der Waals surface area contributed by atoms with Crippen molar-refractivity contribution in [1.29, 1.82) is 0 Å². The molecule has 1 rings (SSSR count). The molecule has 0 radical (unpaired) electrons. The Balaban J connectivity index is 2.95. The third kappa shape index (κ3) is 3.81. The van der Waals surface area contributed by atoms with Crippen molar-refractivity contribution in [3.8, 4) is 5.75 Å². The number of nitro groups is 1. The van der Waals surface area contributed by atoms with E-state index in [2.05, 4.69) is 5.32 Å². The van der Waals surface area contributed by atoms with Crippen molar-refractivity contribution in [3.05, 3.63) is 28.3 Å². The van der Waals surface area contributed by atoms with Crippen LogP contribution < -0.4 is 10.1 Å². The number of non-ortho nitro benzene ring substituents is 1. The van der Waals surface area contributed by atoms with Gasteiger partial charge in [-0.05, 0) is 13.0 Å². The third-order valence-electron chi connectivity index (χ3n) is 2.90. The van der Waals surface area contributed by atoms with Crippen LogP contribution in [-0.4, -0.2) is 47.1 Å². The van der Waals surface area contributed by atoms with Gasteiger partial charge in [0.1, 0.15) is 11.8 Å². The Kier molecular flexibility index (Phi) is 5.06. The van der Waals surface area contributed by atoms with E-state index in [4.69, 9.17) is 9.84 Å². The third-order valence-corrected chi connectivity index (χ3v) is 2.90. The highest BCUT2D eigenvalue weighted by atomic mass is 16.6. The molecular formula is C12H15N3O6. The minimum atomic E-state index is -1.15. The fourth-order valence-electron chi connectivity index (χ4n) is 1.44. The highest BCUT2D eigenvalue weighted by Crippen LogP contribution is 2.29. The number of anilines is 1. The molecule has 1 atom stereocenters. The molecule has 1 aromatic rings. The molecule has 0 heterocycles. The summed E-state index contributed by atoms with van der Waals surface area (Å²) in [6.45, 7) is 1.36. The van der Waals surface area contributed by atoms with E-state index in [9.17, 15) is 19.7 Å². The number of ether oxygens (including phenoxy) is 1. The highest BCUT2D eigenvalue weighted by Gasteiger charge is 2.23. The van der Waals surface area contributed by atoms with Crippen LogP contribution >= 0.6 is 0 Å². The zero-order valence-corrected chi connectivity index (χ0v) is 11.7. The highest BCUT2D eigenvalue weighted by molar-refractivity contribution is 5.93. The van der Waals surface area contributed by atoms with E-state index in [1.807, 2.05) is 0 Å². The van der Waals surface area contributed by atoms with E-state index in [0.29, 0.717) is 0 Å². The van der Waals surface area contributed by atoms with Gasteiger partial charge in [0.05, 0.1) is 23.8 Å². The summed E-state index contributed by atoms with van der Waals surface area (Å²) in [4.78, 5) is 33.8. The first-order valence-corrected chi connectivity index (χ1v) is 5.87. The Morgan fingerprint density at radius 2 is 2.10 bits per heavy atom. The molecule has 0 saturated carbocycles. The zero-order valence-electron chi connectivity index (χ0n) is 11.7. The molecule has 2 amide bonds. The van der Waals surface area contributed by atoms with Crippen molar-refractivity contribution >= 4 is 23.4 Å². The van der Waals surface area contributed by atoms with Crippen LogP contribution in [0.5, 0.6) is 5.75 Å². The lowest BCUT2D eigenvalue weighted by Crippen LogP contribution is -2.42. The van der Waals surface area contributed by atoms with Gasteiger partial charge in [0.2, 0.25) is 0 Å². The second-order valence-electron chi connectivity index (χ2n) is 4.20. The van der Waals surface area contributed by atoms with Crippen molar-refractivity contribution in [2.24, 2.45) is 0 Å². The van der Waals surface area contributed by atoms with Crippen molar-refractivity contribution in [3.63, 3.8) is 0 Å². The molecule has 0 aliphatic carbocycles. The van der Waals surface area contributed by atoms with Crippen LogP contribution in [0.3, 0.4) is 0 Å². The lowest BCUT2D eigenvalue weighted by Gasteiger charge is -2.22. The second-order valence-corrected chi connectivity index (χ2v) is 4.20. The molecule has 21 heavy (non-hydrogen) atoms. The summed E-state index contributed by atoms with van der Waals surface area (Å²) in [6, 6.07) is 1.99. The summed E-state index contributed by atoms with van der Waals surface area (Å²) in [5.41, 5.74) is 0.0228. The average Bonchev–Trinajstić information content (AvgIpc) is 2.45. The number of carboxylic acids is 1. The van der Waals surface area contributed by atoms with Gasteiger partial charge in [-0.1, -0.05) is 0 Å². The maximum atomic E-state index is 11.9. The normalized spacial score (nSPS) is 11.4. The van der Waals surface area contributed by atoms with Crippen LogP contribution in [0.4, 0.5) is 16.2 Å². The Hall–Kier alpha value is -2.84. The standard InChI is InChI=1S/C12H15N3O6/c1-7(11(16)17)14(2)12(18)13-9-5-4-8(15(19)20)6-10(9)21-3/h4-7H,1-3H3,(H,13,18)(H,16,17). The quantitative estimate of drug-likeness (QED) is 0.628. The zero-order chi connectivity index (χ0) is 16.2. The number of benzene rings is 1. The number of carboxylic acid groups (broad SMARTS) is 1. The summed E-state index contributed by atoms with van der Waals surface area (Å²) < 4.78 is 4.97. The monoisotopic (exact) mass is 297 g/mol. The number of hydrogen-bond donors (Lipinski definition) is 2. The lowest BCUT2D eigenvalue weighted by atomic mass is 10.2. The number of urea groups is 1. The number of methoxy groups -OCH3 is 1. The average molecular weight is 297 g/mol. The van der Waals surface area contributed by atoms with E-state index >= 15 is 0 Å². The van der Waals surface area contributed by atoms with Gasteiger partial charge in [0.15, 0.2) is 0 Å². The van der Waals surface area contributed by atoms with Crippen LogP contribution in [0.15, 0.2) is 18.2 Å². The molecule has 0 aromatic heterocycles. The summed E-state index contributed by atoms with van der Waals surface area (Å²) >= 11 is 0. The SMILES string of the molecule is COc1cc([N+](=O)[O-])ccc1NC(=O)N(C)C(C)C(=O)O. The summed E-state index contributed by atoms with van der Waals surface area (Å²) in [5, 5.41) is 21.9. The lowest BCUT2D eigenvalue weighted by molar-refractivity contribution is -0.384. The first kappa shape index (κ1) is 16.2. The molecule has 1 aromatic carbocycles. The second kappa shape index (κ2) is 6.55. The smallest absolute Gasteiger partial charge is 0.326 e. The first-order chi connectivity index (χ1) is 9.77. The predicted molar refractivity (Wildman–Crippen MR) is 73.5 cm³/mol. The molecule has 0 fully saturated rings. The van der Waals surface area contributed by atoms with Crippen LogP contribution in [0, 0.1) is 10.1 Å². The molecule has 0 aliphatic heterocycles. The minimum absolute atomic E-state index is 0.105. The summed E-state index contributed by atoms with van der Waals surface area (Å²) in [5.74, 6) is -1.04. The molecule has 114 valence electrons. The van der Waals surface area contributed by atoms with Crippen LogP contribution in [0.1, 0.15) is 6.92 Å². The summed E-state index contributed by atoms with van der Waals surface area (Å²) in [6.07, 6.45) is 0. The van der Waals surface area contributed by atoms with Crippen molar-refractivity contribution in [2.75, 3.05) is 19.5 Å². The van der Waals surface area contributed by atoms with Gasteiger partial charge in [-0.15, -0.1) is 0 Å². The van der Waals surface area contributed by atoms with E-state index in [-0.39, 0.29) is 17.1 Å². The molecule has 9 heteroatoms. The van der Waals surface area contributed by atoms with E-state index in [1.165, 1.54) is 33.2 Å². The van der Waals surface area contributed by atoms with Gasteiger partial charge in [-0.2, -0.15) is 0 Å². The number of nitro benzene ring substituents is 1. The fraction of sp³-hybridized carbons (Fsp3) is 0.333. The van der Waals surface area contributed by atoms with Crippen LogP contribution in [-0.2, 0) is 4.79 Å². The maximum absolute atomic E-state index is 11.9.